The smallest absolute Gasteiger partial charge is 0.150 e. The van der Waals surface area contributed by atoms with Crippen molar-refractivity contribution in [3.8, 4) is 0 Å². The Bertz CT molecular complexity index is 211. The highest BCUT2D eigenvalue weighted by atomic mass is 16.7. The molecule has 3 heteroatoms. The molecular formula is C10H14O3. The summed E-state index contributed by atoms with van der Waals surface area (Å²) in [6, 6.07) is 9.96. The van der Waals surface area contributed by atoms with Crippen LogP contribution in [0.15, 0.2) is 30.3 Å². The third kappa shape index (κ3) is 4.62. The maximum Gasteiger partial charge on any atom is 0.150 e. The molecule has 0 heterocycles. The minimum absolute atomic E-state index is 0.267. The molecule has 0 aliphatic carbocycles. The Kier molecular flexibility index (Phi) is 5.17. The van der Waals surface area contributed by atoms with Crippen molar-refractivity contribution >= 4 is 0 Å². The topological polar surface area (TPSA) is 27.7 Å². The van der Waals surface area contributed by atoms with E-state index in [2.05, 4.69) is 0 Å². The summed E-state index contributed by atoms with van der Waals surface area (Å²) < 4.78 is 14.9. The second-order valence-corrected chi connectivity index (χ2v) is 2.56. The van der Waals surface area contributed by atoms with Gasteiger partial charge in [0.15, 0.2) is 0 Å². The Balaban J connectivity index is 2.07. The van der Waals surface area contributed by atoms with Gasteiger partial charge in [0, 0.05) is 7.11 Å². The van der Waals surface area contributed by atoms with Gasteiger partial charge >= 0.3 is 0 Å². The number of methoxy groups -OCH3 is 1. The lowest BCUT2D eigenvalue weighted by Crippen LogP contribution is -2.02. The van der Waals surface area contributed by atoms with E-state index in [1.165, 1.54) is 0 Å². The fraction of sp³-hybridized carbons (Fsp3) is 0.400. The third-order valence-corrected chi connectivity index (χ3v) is 1.48. The SMILES string of the molecule is COCOCOCc1ccccc1. The van der Waals surface area contributed by atoms with E-state index in [0.29, 0.717) is 6.61 Å². The number of hydrogen-bond acceptors (Lipinski definition) is 3. The third-order valence-electron chi connectivity index (χ3n) is 1.48. The summed E-state index contributed by atoms with van der Waals surface area (Å²) in [4.78, 5) is 0. The molecule has 0 amide bonds. The molecule has 0 fully saturated rings. The monoisotopic (exact) mass is 182 g/mol. The Labute approximate surface area is 78.2 Å². The minimum Gasteiger partial charge on any atom is -0.359 e. The van der Waals surface area contributed by atoms with Gasteiger partial charge in [0.05, 0.1) is 6.61 Å². The predicted octanol–water partition coefficient (Wildman–Crippen LogP) is 1.78. The van der Waals surface area contributed by atoms with Gasteiger partial charge in [-0.15, -0.1) is 0 Å². The van der Waals surface area contributed by atoms with E-state index in [4.69, 9.17) is 14.2 Å². The molecule has 1 aromatic carbocycles. The first-order chi connectivity index (χ1) is 6.43. The molecule has 0 bridgehead atoms. The van der Waals surface area contributed by atoms with Crippen LogP contribution in [0.5, 0.6) is 0 Å². The largest absolute Gasteiger partial charge is 0.359 e. The van der Waals surface area contributed by atoms with Crippen molar-refractivity contribution in [2.75, 3.05) is 20.7 Å². The molecular weight excluding hydrogens is 168 g/mol. The van der Waals surface area contributed by atoms with Gasteiger partial charge in [-0.05, 0) is 5.56 Å². The second-order valence-electron chi connectivity index (χ2n) is 2.56. The van der Waals surface area contributed by atoms with Crippen LogP contribution in [0, 0.1) is 0 Å². The second kappa shape index (κ2) is 6.60. The van der Waals surface area contributed by atoms with Crippen LogP contribution in [0.2, 0.25) is 0 Å². The van der Waals surface area contributed by atoms with Gasteiger partial charge in [-0.1, -0.05) is 30.3 Å². The first-order valence-corrected chi connectivity index (χ1v) is 4.12. The van der Waals surface area contributed by atoms with Gasteiger partial charge in [-0.3, -0.25) is 0 Å². The van der Waals surface area contributed by atoms with Crippen molar-refractivity contribution in [3.05, 3.63) is 35.9 Å². The molecule has 1 aromatic rings. The molecule has 13 heavy (non-hydrogen) atoms. The first kappa shape index (κ1) is 10.2. The van der Waals surface area contributed by atoms with E-state index >= 15 is 0 Å². The summed E-state index contributed by atoms with van der Waals surface area (Å²) in [5.41, 5.74) is 1.14. The van der Waals surface area contributed by atoms with E-state index in [1.54, 1.807) is 7.11 Å². The summed E-state index contributed by atoms with van der Waals surface area (Å²) in [6.45, 7) is 1.11. The quantitative estimate of drug-likeness (QED) is 0.496. The average molecular weight is 182 g/mol. The standard InChI is InChI=1S/C10H14O3/c1-11-8-13-9-12-7-10-5-3-2-4-6-10/h2-6H,7-9H2,1H3. The molecule has 0 N–H and O–H groups in total. The van der Waals surface area contributed by atoms with Gasteiger partial charge in [0.2, 0.25) is 0 Å². The Hall–Kier alpha value is -0.900. The van der Waals surface area contributed by atoms with Crippen LogP contribution in [0.3, 0.4) is 0 Å². The molecule has 0 aromatic heterocycles. The molecule has 3 nitrogen and oxygen atoms in total. The van der Waals surface area contributed by atoms with Crippen LogP contribution < -0.4 is 0 Å². The number of hydrogen-bond donors (Lipinski definition) is 0. The zero-order valence-corrected chi connectivity index (χ0v) is 7.73. The molecule has 0 aliphatic rings. The van der Waals surface area contributed by atoms with E-state index in [-0.39, 0.29) is 13.6 Å². The van der Waals surface area contributed by atoms with E-state index in [1.807, 2.05) is 30.3 Å². The molecule has 0 unspecified atom stereocenters. The summed E-state index contributed by atoms with van der Waals surface area (Å²) in [5, 5.41) is 0. The van der Waals surface area contributed by atoms with Crippen LogP contribution >= 0.6 is 0 Å². The summed E-state index contributed by atoms with van der Waals surface area (Å²) >= 11 is 0. The maximum absolute atomic E-state index is 5.22. The minimum atomic E-state index is 0.267. The van der Waals surface area contributed by atoms with E-state index in [0.717, 1.165) is 5.56 Å². The number of rotatable bonds is 6. The summed E-state index contributed by atoms with van der Waals surface area (Å²) in [7, 11) is 1.58. The normalized spacial score (nSPS) is 10.2. The van der Waals surface area contributed by atoms with Crippen LogP contribution in [0.1, 0.15) is 5.56 Å². The van der Waals surface area contributed by atoms with Gasteiger partial charge in [-0.25, -0.2) is 0 Å². The van der Waals surface area contributed by atoms with Gasteiger partial charge in [0.1, 0.15) is 13.6 Å². The van der Waals surface area contributed by atoms with Crippen LogP contribution in [-0.2, 0) is 20.8 Å². The van der Waals surface area contributed by atoms with E-state index in [9.17, 15) is 0 Å². The average Bonchev–Trinajstić information content (AvgIpc) is 2.19. The van der Waals surface area contributed by atoms with Crippen molar-refractivity contribution in [2.45, 2.75) is 6.61 Å². The van der Waals surface area contributed by atoms with Gasteiger partial charge in [0.25, 0.3) is 0 Å². The molecule has 0 saturated heterocycles. The fourth-order valence-corrected chi connectivity index (χ4v) is 0.910. The van der Waals surface area contributed by atoms with Crippen molar-refractivity contribution in [3.63, 3.8) is 0 Å². The van der Waals surface area contributed by atoms with Crippen LogP contribution in [-0.4, -0.2) is 20.7 Å². The zero-order valence-electron chi connectivity index (χ0n) is 7.73. The predicted molar refractivity (Wildman–Crippen MR) is 49.1 cm³/mol. The van der Waals surface area contributed by atoms with E-state index < -0.39 is 0 Å². The van der Waals surface area contributed by atoms with Crippen molar-refractivity contribution in [1.82, 2.24) is 0 Å². The number of ether oxygens (including phenoxy) is 3. The fourth-order valence-electron chi connectivity index (χ4n) is 0.910. The molecule has 0 saturated carbocycles. The highest BCUT2D eigenvalue weighted by molar-refractivity contribution is 5.13. The molecule has 72 valence electrons. The maximum atomic E-state index is 5.22. The Morgan fingerprint density at radius 2 is 1.77 bits per heavy atom. The van der Waals surface area contributed by atoms with Gasteiger partial charge < -0.3 is 14.2 Å². The lowest BCUT2D eigenvalue weighted by Gasteiger charge is -2.04. The molecule has 1 rings (SSSR count). The Morgan fingerprint density at radius 3 is 2.46 bits per heavy atom. The lowest BCUT2D eigenvalue weighted by molar-refractivity contribution is -0.124. The molecule has 0 aliphatic heterocycles. The molecule has 0 spiro atoms. The number of benzene rings is 1. The van der Waals surface area contributed by atoms with Crippen LogP contribution in [0.4, 0.5) is 0 Å². The highest BCUT2D eigenvalue weighted by Crippen LogP contribution is 1.99. The summed E-state index contributed by atoms with van der Waals surface area (Å²) in [5.74, 6) is 0. The first-order valence-electron chi connectivity index (χ1n) is 4.12. The lowest BCUT2D eigenvalue weighted by atomic mass is 10.2. The van der Waals surface area contributed by atoms with Gasteiger partial charge in [-0.2, -0.15) is 0 Å². The highest BCUT2D eigenvalue weighted by Gasteiger charge is 1.90. The van der Waals surface area contributed by atoms with Crippen molar-refractivity contribution in [1.29, 1.82) is 0 Å². The summed E-state index contributed by atoms with van der Waals surface area (Å²) in [6.07, 6.45) is 0. The Morgan fingerprint density at radius 1 is 1.00 bits per heavy atom. The van der Waals surface area contributed by atoms with Crippen LogP contribution in [0.25, 0.3) is 0 Å². The zero-order chi connectivity index (χ0) is 9.36. The molecule has 0 atom stereocenters. The van der Waals surface area contributed by atoms with Crippen molar-refractivity contribution < 1.29 is 14.2 Å². The molecule has 0 radical (unpaired) electrons. The van der Waals surface area contributed by atoms with Crippen molar-refractivity contribution in [2.24, 2.45) is 0 Å².